The maximum absolute atomic E-state index is 15.9. The molecule has 5 aromatic heterocycles. The number of nitrogens with two attached hydrogens (primary N) is 1. The number of hydrogen-bond donors (Lipinski definition) is 2. The van der Waals surface area contributed by atoms with Gasteiger partial charge in [-0.05, 0) is 23.6 Å². The first-order valence-corrected chi connectivity index (χ1v) is 11.1. The molecule has 0 aromatic carbocycles. The third-order valence-electron chi connectivity index (χ3n) is 5.54. The van der Waals surface area contributed by atoms with Gasteiger partial charge in [0.1, 0.15) is 23.6 Å². The molecule has 0 atom stereocenters. The largest absolute Gasteiger partial charge is 0.397 e. The van der Waals surface area contributed by atoms with Crippen LogP contribution in [-0.4, -0.2) is 44.3 Å². The van der Waals surface area contributed by atoms with Crippen molar-refractivity contribution in [3.63, 3.8) is 0 Å². The predicted octanol–water partition coefficient (Wildman–Crippen LogP) is 4.11. The maximum Gasteiger partial charge on any atom is 0.161 e. The Bertz CT molecular complexity index is 1540. The van der Waals surface area contributed by atoms with Gasteiger partial charge in [-0.1, -0.05) is 0 Å². The van der Waals surface area contributed by atoms with Gasteiger partial charge in [-0.25, -0.2) is 9.37 Å². The Morgan fingerprint density at radius 2 is 2.03 bits per heavy atom. The van der Waals surface area contributed by atoms with Crippen LogP contribution in [-0.2, 0) is 0 Å². The van der Waals surface area contributed by atoms with Crippen LogP contribution in [0.25, 0.3) is 33.5 Å². The lowest BCUT2D eigenvalue weighted by Gasteiger charge is -2.26. The van der Waals surface area contributed by atoms with Crippen molar-refractivity contribution in [3.05, 3.63) is 71.0 Å². The number of anilines is 2. The molecule has 6 rings (SSSR count). The molecular formula is C23H17FN8S. The van der Waals surface area contributed by atoms with Gasteiger partial charge in [0.15, 0.2) is 11.6 Å². The van der Waals surface area contributed by atoms with Crippen molar-refractivity contribution in [2.45, 2.75) is 0 Å². The molecule has 6 heterocycles. The maximum atomic E-state index is 15.9. The van der Waals surface area contributed by atoms with Gasteiger partial charge in [0.05, 0.1) is 34.3 Å². The molecule has 10 heteroatoms. The molecule has 0 bridgehead atoms. The molecule has 0 radical (unpaired) electrons. The highest BCUT2D eigenvalue weighted by Crippen LogP contribution is 2.34. The second kappa shape index (κ2) is 7.45. The highest BCUT2D eigenvalue weighted by molar-refractivity contribution is 7.08. The number of thiophene rings is 1. The van der Waals surface area contributed by atoms with Crippen molar-refractivity contribution in [1.29, 1.82) is 0 Å². The normalized spacial score (nSPS) is 13.3. The van der Waals surface area contributed by atoms with Crippen LogP contribution in [0, 0.1) is 5.82 Å². The highest BCUT2D eigenvalue weighted by atomic mass is 32.1. The molecule has 162 valence electrons. The third-order valence-corrected chi connectivity index (χ3v) is 6.22. The molecule has 0 unspecified atom stereocenters. The van der Waals surface area contributed by atoms with Gasteiger partial charge < -0.3 is 15.6 Å². The minimum Gasteiger partial charge on any atom is -0.397 e. The van der Waals surface area contributed by atoms with Crippen molar-refractivity contribution >= 4 is 39.5 Å². The Kier molecular flexibility index (Phi) is 4.40. The number of nitrogens with zero attached hydrogens (tertiary/aromatic N) is 6. The van der Waals surface area contributed by atoms with E-state index in [-0.39, 0.29) is 5.69 Å². The number of imidazole rings is 1. The summed E-state index contributed by atoms with van der Waals surface area (Å²) >= 11 is 1.59. The lowest BCUT2D eigenvalue weighted by Crippen LogP contribution is -2.28. The average Bonchev–Trinajstić information content (AvgIpc) is 3.50. The number of hydrogen-bond acceptors (Lipinski definition) is 8. The van der Waals surface area contributed by atoms with Crippen LogP contribution in [0.2, 0.25) is 0 Å². The average molecular weight is 457 g/mol. The lowest BCUT2D eigenvalue weighted by atomic mass is 10.0. The quantitative estimate of drug-likeness (QED) is 0.423. The van der Waals surface area contributed by atoms with Crippen LogP contribution in [0.3, 0.4) is 0 Å². The summed E-state index contributed by atoms with van der Waals surface area (Å²) in [6.45, 7) is 0.356. The number of halogens is 1. The van der Waals surface area contributed by atoms with Crippen LogP contribution in [0.1, 0.15) is 11.4 Å². The number of aliphatic imine (C=N–C) groups is 1. The zero-order valence-electron chi connectivity index (χ0n) is 17.5. The van der Waals surface area contributed by atoms with Crippen LogP contribution in [0.15, 0.2) is 58.7 Å². The van der Waals surface area contributed by atoms with E-state index >= 15 is 4.39 Å². The molecule has 8 nitrogen and oxygen atoms in total. The van der Waals surface area contributed by atoms with Crippen LogP contribution in [0.5, 0.6) is 0 Å². The Labute approximate surface area is 191 Å². The molecule has 0 amide bonds. The van der Waals surface area contributed by atoms with Crippen molar-refractivity contribution in [1.82, 2.24) is 24.9 Å². The number of fused-ring (bicyclic) bond motifs is 2. The van der Waals surface area contributed by atoms with E-state index in [9.17, 15) is 0 Å². The summed E-state index contributed by atoms with van der Waals surface area (Å²) in [6.07, 6.45) is 6.43. The van der Waals surface area contributed by atoms with Crippen molar-refractivity contribution < 1.29 is 4.39 Å². The summed E-state index contributed by atoms with van der Waals surface area (Å²) in [6, 6.07) is 5.50. The molecule has 3 N–H and O–H groups in total. The Balaban J connectivity index is 1.54. The number of pyridine rings is 3. The fourth-order valence-corrected chi connectivity index (χ4v) is 4.60. The summed E-state index contributed by atoms with van der Waals surface area (Å²) < 4.78 is 15.9. The monoisotopic (exact) mass is 456 g/mol. The van der Waals surface area contributed by atoms with Crippen LogP contribution >= 0.6 is 11.3 Å². The van der Waals surface area contributed by atoms with Crippen LogP contribution in [0.4, 0.5) is 15.8 Å². The van der Waals surface area contributed by atoms with E-state index in [0.717, 1.165) is 16.8 Å². The molecule has 0 spiro atoms. The number of rotatable bonds is 3. The Morgan fingerprint density at radius 1 is 1.12 bits per heavy atom. The summed E-state index contributed by atoms with van der Waals surface area (Å²) in [5, 5.41) is 4.02. The van der Waals surface area contributed by atoms with Crippen molar-refractivity contribution in [2.75, 3.05) is 24.3 Å². The zero-order chi connectivity index (χ0) is 22.5. The van der Waals surface area contributed by atoms with Gasteiger partial charge in [0, 0.05) is 42.1 Å². The molecule has 0 saturated carbocycles. The fraction of sp³-hybridized carbons (Fsp3) is 0.0870. The smallest absolute Gasteiger partial charge is 0.161 e. The first-order chi connectivity index (χ1) is 16.1. The van der Waals surface area contributed by atoms with Crippen molar-refractivity contribution in [2.24, 2.45) is 4.99 Å². The summed E-state index contributed by atoms with van der Waals surface area (Å²) in [7, 11) is 1.85. The number of aromatic nitrogens is 5. The molecule has 5 aromatic rings. The lowest BCUT2D eigenvalue weighted by molar-refractivity contribution is 0.620. The van der Waals surface area contributed by atoms with Gasteiger partial charge in [-0.15, -0.1) is 0 Å². The molecule has 0 fully saturated rings. The van der Waals surface area contributed by atoms with Gasteiger partial charge in [-0.2, -0.15) is 11.3 Å². The van der Waals surface area contributed by atoms with Gasteiger partial charge in [0.2, 0.25) is 0 Å². The number of nitrogens with one attached hydrogen (secondary N) is 1. The van der Waals surface area contributed by atoms with E-state index in [0.29, 0.717) is 46.2 Å². The highest BCUT2D eigenvalue weighted by Gasteiger charge is 2.28. The van der Waals surface area contributed by atoms with Gasteiger partial charge in [-0.3, -0.25) is 19.9 Å². The van der Waals surface area contributed by atoms with Crippen molar-refractivity contribution in [3.8, 4) is 22.5 Å². The molecule has 33 heavy (non-hydrogen) atoms. The first kappa shape index (κ1) is 19.5. The second-order valence-corrected chi connectivity index (χ2v) is 8.47. The SMILES string of the molecule is CN1CN=C(c2nc3c(-c4ccsc4)nccc3[nH]2)c2c1cnc(-c1cncc(N)c1)c2F. The van der Waals surface area contributed by atoms with E-state index in [1.54, 1.807) is 29.8 Å². The molecular weight excluding hydrogens is 439 g/mol. The van der Waals surface area contributed by atoms with Gasteiger partial charge in [0.25, 0.3) is 0 Å². The minimum atomic E-state index is -0.498. The summed E-state index contributed by atoms with van der Waals surface area (Å²) in [5.41, 5.74) is 11.6. The molecule has 1 aliphatic rings. The minimum absolute atomic E-state index is 0.160. The molecule has 0 saturated heterocycles. The second-order valence-electron chi connectivity index (χ2n) is 7.69. The van der Waals surface area contributed by atoms with E-state index in [2.05, 4.69) is 24.9 Å². The van der Waals surface area contributed by atoms with E-state index in [4.69, 9.17) is 10.7 Å². The fourth-order valence-electron chi connectivity index (χ4n) is 3.96. The topological polar surface area (TPSA) is 109 Å². The van der Waals surface area contributed by atoms with E-state index in [1.165, 1.54) is 12.4 Å². The molecule has 1 aliphatic heterocycles. The molecule has 0 aliphatic carbocycles. The van der Waals surface area contributed by atoms with Crippen LogP contribution < -0.4 is 10.6 Å². The zero-order valence-corrected chi connectivity index (χ0v) is 18.3. The summed E-state index contributed by atoms with van der Waals surface area (Å²) in [5.74, 6) is -0.0209. The summed E-state index contributed by atoms with van der Waals surface area (Å²) in [4.78, 5) is 27.5. The number of H-pyrrole nitrogens is 1. The van der Waals surface area contributed by atoms with Gasteiger partial charge >= 0.3 is 0 Å². The first-order valence-electron chi connectivity index (χ1n) is 10.1. The Morgan fingerprint density at radius 3 is 2.85 bits per heavy atom. The number of nitrogen functional groups attached to an aromatic ring is 1. The third kappa shape index (κ3) is 3.14. The Hall–Kier alpha value is -4.18. The van der Waals surface area contributed by atoms with E-state index in [1.807, 2.05) is 34.8 Å². The standard InChI is InChI=1S/C23H17FN8S/c1-32-11-29-22(17-16(32)9-28-19(18(17)24)13-6-14(25)8-26-7-13)23-30-15-2-4-27-20(21(15)31-23)12-3-5-33-10-12/h2-10H,11,25H2,1H3,(H,30,31). The predicted molar refractivity (Wildman–Crippen MR) is 128 cm³/mol. The number of aromatic amines is 1. The van der Waals surface area contributed by atoms with E-state index < -0.39 is 5.82 Å².